The molecule has 0 saturated carbocycles. The molecule has 1 aliphatic rings. The Balaban J connectivity index is 1.49. The van der Waals surface area contributed by atoms with Crippen LogP contribution in [0.2, 0.25) is 0 Å². The second-order valence-electron chi connectivity index (χ2n) is 6.97. The van der Waals surface area contributed by atoms with Gasteiger partial charge in [0.15, 0.2) is 0 Å². The number of hydrogen-bond acceptors (Lipinski definition) is 5. The molecule has 0 aliphatic carbocycles. The van der Waals surface area contributed by atoms with Gasteiger partial charge < -0.3 is 15.0 Å². The number of methoxy groups -OCH3 is 1. The first kappa shape index (κ1) is 21.1. The maximum atomic E-state index is 12.6. The van der Waals surface area contributed by atoms with Crippen LogP contribution < -0.4 is 15.0 Å². The van der Waals surface area contributed by atoms with E-state index in [4.69, 9.17) is 4.74 Å². The minimum Gasteiger partial charge on any atom is -0.497 e. The van der Waals surface area contributed by atoms with Gasteiger partial charge in [0.25, 0.3) is 5.91 Å². The fourth-order valence-electron chi connectivity index (χ4n) is 3.36. The van der Waals surface area contributed by atoms with Crippen LogP contribution in [0.3, 0.4) is 0 Å². The van der Waals surface area contributed by atoms with Crippen molar-refractivity contribution in [1.29, 1.82) is 0 Å². The van der Waals surface area contributed by atoms with Crippen molar-refractivity contribution < 1.29 is 17.9 Å². The van der Waals surface area contributed by atoms with E-state index in [1.54, 1.807) is 19.2 Å². The zero-order valence-electron chi connectivity index (χ0n) is 16.8. The Labute approximate surface area is 172 Å². The predicted molar refractivity (Wildman–Crippen MR) is 114 cm³/mol. The summed E-state index contributed by atoms with van der Waals surface area (Å²) in [6.07, 6.45) is 0. The highest BCUT2D eigenvalue weighted by atomic mass is 32.2. The number of anilines is 1. The van der Waals surface area contributed by atoms with Gasteiger partial charge in [0.2, 0.25) is 10.0 Å². The molecule has 2 aromatic rings. The third kappa shape index (κ3) is 5.27. The van der Waals surface area contributed by atoms with Crippen molar-refractivity contribution in [2.75, 3.05) is 50.5 Å². The third-order valence-electron chi connectivity index (χ3n) is 5.10. The Morgan fingerprint density at radius 2 is 1.69 bits per heavy atom. The van der Waals surface area contributed by atoms with Crippen LogP contribution in [0.1, 0.15) is 15.9 Å². The van der Waals surface area contributed by atoms with E-state index in [-0.39, 0.29) is 18.2 Å². The Hall–Kier alpha value is -2.58. The number of carbonyl (C=O) groups is 1. The van der Waals surface area contributed by atoms with Crippen LogP contribution in [-0.2, 0) is 10.0 Å². The van der Waals surface area contributed by atoms with Crippen LogP contribution in [0.25, 0.3) is 0 Å². The van der Waals surface area contributed by atoms with Gasteiger partial charge in [-0.1, -0.05) is 18.2 Å². The third-order valence-corrected chi connectivity index (χ3v) is 6.98. The number of sulfonamides is 1. The van der Waals surface area contributed by atoms with Crippen LogP contribution in [0.5, 0.6) is 5.75 Å². The molecule has 0 spiro atoms. The molecule has 29 heavy (non-hydrogen) atoms. The number of hydrogen-bond donors (Lipinski definition) is 1. The standard InChI is InChI=1S/C21H27N3O4S/c1-17-5-3-4-6-20(17)21(25)22-11-16-29(26,27)24-14-12-23(13-15-24)18-7-9-19(28-2)10-8-18/h3-10H,11-16H2,1-2H3,(H,22,25). The molecule has 0 unspecified atom stereocenters. The quantitative estimate of drug-likeness (QED) is 0.744. The summed E-state index contributed by atoms with van der Waals surface area (Å²) in [5, 5.41) is 2.71. The van der Waals surface area contributed by atoms with Crippen LogP contribution >= 0.6 is 0 Å². The van der Waals surface area contributed by atoms with Crippen molar-refractivity contribution in [2.45, 2.75) is 6.92 Å². The monoisotopic (exact) mass is 417 g/mol. The van der Waals surface area contributed by atoms with Crippen LogP contribution in [0.15, 0.2) is 48.5 Å². The normalized spacial score (nSPS) is 15.2. The average molecular weight is 418 g/mol. The van der Waals surface area contributed by atoms with Gasteiger partial charge in [-0.15, -0.1) is 0 Å². The van der Waals surface area contributed by atoms with E-state index in [9.17, 15) is 13.2 Å². The highest BCUT2D eigenvalue weighted by Gasteiger charge is 2.27. The number of amides is 1. The van der Waals surface area contributed by atoms with E-state index in [0.29, 0.717) is 31.7 Å². The van der Waals surface area contributed by atoms with Crippen molar-refractivity contribution in [1.82, 2.24) is 9.62 Å². The van der Waals surface area contributed by atoms with E-state index in [2.05, 4.69) is 10.2 Å². The summed E-state index contributed by atoms with van der Waals surface area (Å²) in [6.45, 7) is 4.06. The molecule has 156 valence electrons. The minimum atomic E-state index is -3.42. The molecule has 0 radical (unpaired) electrons. The maximum absolute atomic E-state index is 12.6. The number of piperazine rings is 1. The highest BCUT2D eigenvalue weighted by molar-refractivity contribution is 7.89. The van der Waals surface area contributed by atoms with Gasteiger partial charge in [0.1, 0.15) is 5.75 Å². The first-order valence-electron chi connectivity index (χ1n) is 9.61. The molecule has 0 bridgehead atoms. The van der Waals surface area contributed by atoms with Crippen molar-refractivity contribution >= 4 is 21.6 Å². The molecule has 8 heteroatoms. The smallest absolute Gasteiger partial charge is 0.251 e. The first-order valence-corrected chi connectivity index (χ1v) is 11.2. The Morgan fingerprint density at radius 1 is 1.03 bits per heavy atom. The zero-order chi connectivity index (χ0) is 20.9. The van der Waals surface area contributed by atoms with Gasteiger partial charge in [0.05, 0.1) is 12.9 Å². The summed E-state index contributed by atoms with van der Waals surface area (Å²) in [4.78, 5) is 14.4. The van der Waals surface area contributed by atoms with Crippen molar-refractivity contribution in [3.63, 3.8) is 0 Å². The number of carbonyl (C=O) groups excluding carboxylic acids is 1. The van der Waals surface area contributed by atoms with Crippen molar-refractivity contribution in [3.8, 4) is 5.75 Å². The zero-order valence-corrected chi connectivity index (χ0v) is 17.6. The fourth-order valence-corrected chi connectivity index (χ4v) is 4.70. The summed E-state index contributed by atoms with van der Waals surface area (Å²) in [6, 6.07) is 15.0. The van der Waals surface area contributed by atoms with Crippen molar-refractivity contribution in [3.05, 3.63) is 59.7 Å². The molecule has 1 N–H and O–H groups in total. The van der Waals surface area contributed by atoms with Crippen LogP contribution in [0.4, 0.5) is 5.69 Å². The molecule has 0 atom stereocenters. The van der Waals surface area contributed by atoms with Gasteiger partial charge in [-0.05, 0) is 42.8 Å². The maximum Gasteiger partial charge on any atom is 0.251 e. The molecule has 1 amide bonds. The molecule has 1 aliphatic heterocycles. The van der Waals surface area contributed by atoms with Gasteiger partial charge in [-0.3, -0.25) is 4.79 Å². The van der Waals surface area contributed by atoms with Crippen LogP contribution in [0, 0.1) is 6.92 Å². The number of nitrogens with zero attached hydrogens (tertiary/aromatic N) is 2. The molecule has 3 rings (SSSR count). The van der Waals surface area contributed by atoms with Crippen molar-refractivity contribution in [2.24, 2.45) is 0 Å². The van der Waals surface area contributed by atoms with E-state index < -0.39 is 10.0 Å². The lowest BCUT2D eigenvalue weighted by molar-refractivity contribution is 0.0955. The highest BCUT2D eigenvalue weighted by Crippen LogP contribution is 2.21. The Morgan fingerprint density at radius 3 is 2.31 bits per heavy atom. The predicted octanol–water partition coefficient (Wildman–Crippen LogP) is 1.89. The summed E-state index contributed by atoms with van der Waals surface area (Å²) < 4.78 is 32.0. The topological polar surface area (TPSA) is 79.0 Å². The molecule has 1 saturated heterocycles. The molecule has 7 nitrogen and oxygen atoms in total. The van der Waals surface area contributed by atoms with Gasteiger partial charge >= 0.3 is 0 Å². The average Bonchev–Trinajstić information content (AvgIpc) is 2.74. The van der Waals surface area contributed by atoms with E-state index in [0.717, 1.165) is 17.0 Å². The van der Waals surface area contributed by atoms with Gasteiger partial charge in [-0.25, -0.2) is 8.42 Å². The number of benzene rings is 2. The van der Waals surface area contributed by atoms with Crippen LogP contribution in [-0.4, -0.2) is 64.2 Å². The van der Waals surface area contributed by atoms with Gasteiger partial charge in [-0.2, -0.15) is 4.31 Å². The lowest BCUT2D eigenvalue weighted by atomic mass is 10.1. The second kappa shape index (κ2) is 9.28. The Kier molecular flexibility index (Phi) is 6.76. The fraction of sp³-hybridized carbons (Fsp3) is 0.381. The SMILES string of the molecule is COc1ccc(N2CCN(S(=O)(=O)CCNC(=O)c3ccccc3C)CC2)cc1. The van der Waals surface area contributed by atoms with E-state index in [1.807, 2.05) is 43.3 Å². The molecule has 2 aromatic carbocycles. The first-order chi connectivity index (χ1) is 13.9. The summed E-state index contributed by atoms with van der Waals surface area (Å²) in [5.41, 5.74) is 2.48. The summed E-state index contributed by atoms with van der Waals surface area (Å²) >= 11 is 0. The number of ether oxygens (including phenoxy) is 1. The number of nitrogens with one attached hydrogen (secondary N) is 1. The molecule has 1 heterocycles. The van der Waals surface area contributed by atoms with Gasteiger partial charge in [0, 0.05) is 44.0 Å². The Bertz CT molecular complexity index is 937. The number of rotatable bonds is 7. The molecule has 1 fully saturated rings. The minimum absolute atomic E-state index is 0.0915. The second-order valence-corrected chi connectivity index (χ2v) is 9.06. The number of aryl methyl sites for hydroxylation is 1. The molecule has 0 aromatic heterocycles. The largest absolute Gasteiger partial charge is 0.497 e. The van der Waals surface area contributed by atoms with E-state index in [1.165, 1.54) is 4.31 Å². The summed E-state index contributed by atoms with van der Waals surface area (Å²) in [7, 11) is -1.79. The summed E-state index contributed by atoms with van der Waals surface area (Å²) in [5.74, 6) is 0.443. The van der Waals surface area contributed by atoms with E-state index >= 15 is 0 Å². The lowest BCUT2D eigenvalue weighted by Crippen LogP contribution is -2.50. The lowest BCUT2D eigenvalue weighted by Gasteiger charge is -2.35. The molecular weight excluding hydrogens is 390 g/mol. The molecular formula is C21H27N3O4S.